The highest BCUT2D eigenvalue weighted by Crippen LogP contribution is 2.42. The Morgan fingerprint density at radius 1 is 1.00 bits per heavy atom. The van der Waals surface area contributed by atoms with Crippen LogP contribution in [0.4, 0.5) is 0 Å². The highest BCUT2D eigenvalue weighted by molar-refractivity contribution is 5.47. The Labute approximate surface area is 152 Å². The third-order valence-corrected chi connectivity index (χ3v) is 5.37. The fourth-order valence-corrected chi connectivity index (χ4v) is 4.15. The number of hydrogen-bond donors (Lipinski definition) is 0. The lowest BCUT2D eigenvalue weighted by atomic mass is 9.86. The van der Waals surface area contributed by atoms with Gasteiger partial charge in [0, 0.05) is 37.0 Å². The zero-order valence-corrected chi connectivity index (χ0v) is 14.2. The molecule has 26 heavy (non-hydrogen) atoms. The Morgan fingerprint density at radius 2 is 1.85 bits per heavy atom. The fraction of sp³-hybridized carbons (Fsp3) is 0.286. The van der Waals surface area contributed by atoms with Crippen LogP contribution in [0.2, 0.25) is 0 Å². The maximum atomic E-state index is 9.20. The molecule has 130 valence electrons. The molecule has 0 amide bonds. The van der Waals surface area contributed by atoms with Crippen molar-refractivity contribution in [1.82, 2.24) is 4.90 Å². The van der Waals surface area contributed by atoms with Gasteiger partial charge in [0.2, 0.25) is 0 Å². The molecule has 0 spiro atoms. The van der Waals surface area contributed by atoms with Gasteiger partial charge in [-0.3, -0.25) is 4.90 Å². The van der Waals surface area contributed by atoms with Gasteiger partial charge in [0.1, 0.15) is 18.3 Å². The van der Waals surface area contributed by atoms with Crippen molar-refractivity contribution in [3.63, 3.8) is 0 Å². The van der Waals surface area contributed by atoms with Crippen molar-refractivity contribution < 1.29 is 14.2 Å². The number of rotatable bonds is 2. The number of nitriles is 1. The Bertz CT molecular complexity index is 931. The van der Waals surface area contributed by atoms with Crippen molar-refractivity contribution in [3.8, 4) is 23.3 Å². The monoisotopic (exact) mass is 346 g/mol. The lowest BCUT2D eigenvalue weighted by molar-refractivity contribution is 0.212. The predicted molar refractivity (Wildman–Crippen MR) is 95.0 cm³/mol. The first-order valence-electron chi connectivity index (χ1n) is 8.80. The second-order valence-electron chi connectivity index (χ2n) is 7.03. The Morgan fingerprint density at radius 3 is 2.73 bits per heavy atom. The lowest BCUT2D eigenvalue weighted by Crippen LogP contribution is -2.25. The molecule has 2 atom stereocenters. The van der Waals surface area contributed by atoms with Gasteiger partial charge in [0.15, 0.2) is 11.5 Å². The summed E-state index contributed by atoms with van der Waals surface area (Å²) < 4.78 is 16.9. The molecule has 0 N–H and O–H groups in total. The molecule has 0 saturated carbocycles. The molecule has 0 aliphatic carbocycles. The molecular weight excluding hydrogens is 328 g/mol. The van der Waals surface area contributed by atoms with Gasteiger partial charge in [0.25, 0.3) is 0 Å². The second-order valence-corrected chi connectivity index (χ2v) is 7.03. The number of benzene rings is 2. The van der Waals surface area contributed by atoms with Gasteiger partial charge in [-0.15, -0.1) is 0 Å². The number of likely N-dealkylation sites (tertiary alicyclic amines) is 1. The minimum Gasteiger partial charge on any atom is -0.493 e. The number of ether oxygens (including phenoxy) is 3. The highest BCUT2D eigenvalue weighted by atomic mass is 16.5. The predicted octanol–water partition coefficient (Wildman–Crippen LogP) is 3.41. The van der Waals surface area contributed by atoms with Crippen LogP contribution in [-0.4, -0.2) is 24.6 Å². The summed E-state index contributed by atoms with van der Waals surface area (Å²) in [6.45, 7) is 3.58. The van der Waals surface area contributed by atoms with E-state index < -0.39 is 0 Å². The molecular formula is C21H18N2O3. The topological polar surface area (TPSA) is 54.7 Å². The molecule has 3 aliphatic heterocycles. The summed E-state index contributed by atoms with van der Waals surface area (Å²) in [4.78, 5) is 2.45. The molecule has 0 bridgehead atoms. The molecule has 1 saturated heterocycles. The number of nitrogens with zero attached hydrogens (tertiary/aromatic N) is 2. The van der Waals surface area contributed by atoms with Gasteiger partial charge in [0.05, 0.1) is 18.2 Å². The second kappa shape index (κ2) is 6.08. The zero-order valence-electron chi connectivity index (χ0n) is 14.2. The first kappa shape index (κ1) is 15.3. The quantitative estimate of drug-likeness (QED) is 0.834. The minimum absolute atomic E-state index is 0.423. The minimum atomic E-state index is 0.423. The fourth-order valence-electron chi connectivity index (χ4n) is 4.15. The van der Waals surface area contributed by atoms with Gasteiger partial charge in [-0.05, 0) is 35.9 Å². The Balaban J connectivity index is 1.35. The molecule has 2 aromatic carbocycles. The van der Waals surface area contributed by atoms with E-state index in [-0.39, 0.29) is 0 Å². The summed E-state index contributed by atoms with van der Waals surface area (Å²) in [5.74, 6) is 3.33. The summed E-state index contributed by atoms with van der Waals surface area (Å²) >= 11 is 0. The maximum Gasteiger partial charge on any atom is 0.169 e. The summed E-state index contributed by atoms with van der Waals surface area (Å²) in [7, 11) is 0. The van der Waals surface area contributed by atoms with E-state index in [9.17, 15) is 5.26 Å². The first-order chi connectivity index (χ1) is 12.8. The molecule has 0 radical (unpaired) electrons. The zero-order chi connectivity index (χ0) is 17.5. The first-order valence-corrected chi connectivity index (χ1v) is 8.80. The largest absolute Gasteiger partial charge is 0.493 e. The number of hydrogen-bond acceptors (Lipinski definition) is 5. The molecule has 5 rings (SSSR count). The third kappa shape index (κ3) is 2.59. The van der Waals surface area contributed by atoms with Crippen LogP contribution in [0.5, 0.6) is 17.2 Å². The van der Waals surface area contributed by atoms with E-state index in [0.717, 1.165) is 43.5 Å². The van der Waals surface area contributed by atoms with Crippen LogP contribution in [0.15, 0.2) is 48.9 Å². The Hall–Kier alpha value is -2.97. The van der Waals surface area contributed by atoms with Crippen molar-refractivity contribution in [2.75, 3.05) is 19.7 Å². The maximum absolute atomic E-state index is 9.20. The molecule has 5 nitrogen and oxygen atoms in total. The van der Waals surface area contributed by atoms with E-state index >= 15 is 0 Å². The van der Waals surface area contributed by atoms with Crippen molar-refractivity contribution in [2.45, 2.75) is 12.5 Å². The third-order valence-electron chi connectivity index (χ3n) is 5.37. The van der Waals surface area contributed by atoms with Gasteiger partial charge < -0.3 is 14.2 Å². The molecule has 2 aromatic rings. The average Bonchev–Trinajstić information content (AvgIpc) is 3.10. The van der Waals surface area contributed by atoms with Crippen LogP contribution in [-0.2, 0) is 6.54 Å². The highest BCUT2D eigenvalue weighted by Gasteiger charge is 2.38. The SMILES string of the molecule is N#Cc1ccc2c(c1)[C@H]1CN(Cc3ccc4c(c3)OC=CO4)C[C@@H]1CO2. The van der Waals surface area contributed by atoms with E-state index in [4.69, 9.17) is 14.2 Å². The standard InChI is InChI=1S/C21H18N2O3/c22-9-14-1-3-19-17(7-14)18-12-23(11-16(18)13-26-19)10-15-2-4-20-21(8-15)25-6-5-24-20/h1-8,16,18H,10-13H2/t16-,18+/m1/s1. The van der Waals surface area contributed by atoms with Gasteiger partial charge >= 0.3 is 0 Å². The molecule has 3 aliphatic rings. The van der Waals surface area contributed by atoms with Crippen molar-refractivity contribution in [2.24, 2.45) is 5.92 Å². The van der Waals surface area contributed by atoms with Crippen LogP contribution in [0, 0.1) is 17.2 Å². The lowest BCUT2D eigenvalue weighted by Gasteiger charge is -2.27. The molecule has 0 unspecified atom stereocenters. The van der Waals surface area contributed by atoms with Gasteiger partial charge in [-0.1, -0.05) is 6.07 Å². The summed E-state index contributed by atoms with van der Waals surface area (Å²) in [5, 5.41) is 9.20. The van der Waals surface area contributed by atoms with E-state index in [1.807, 2.05) is 30.3 Å². The smallest absolute Gasteiger partial charge is 0.169 e. The van der Waals surface area contributed by atoms with Crippen LogP contribution < -0.4 is 14.2 Å². The summed E-state index contributed by atoms with van der Waals surface area (Å²) in [6, 6.07) is 14.1. The van der Waals surface area contributed by atoms with Gasteiger partial charge in [-0.2, -0.15) is 5.26 Å². The molecule has 1 fully saturated rings. The van der Waals surface area contributed by atoms with Crippen molar-refractivity contribution in [3.05, 3.63) is 65.6 Å². The van der Waals surface area contributed by atoms with Crippen LogP contribution in [0.1, 0.15) is 22.6 Å². The van der Waals surface area contributed by atoms with Crippen molar-refractivity contribution in [1.29, 1.82) is 5.26 Å². The average molecular weight is 346 g/mol. The normalized spacial score (nSPS) is 22.9. The van der Waals surface area contributed by atoms with E-state index in [1.165, 1.54) is 11.1 Å². The molecule has 5 heteroatoms. The molecule has 3 heterocycles. The summed E-state index contributed by atoms with van der Waals surface area (Å²) in [6.07, 6.45) is 3.09. The number of fused-ring (bicyclic) bond motifs is 4. The van der Waals surface area contributed by atoms with Gasteiger partial charge in [-0.25, -0.2) is 0 Å². The Kier molecular flexibility index (Phi) is 3.58. The van der Waals surface area contributed by atoms with E-state index in [1.54, 1.807) is 12.5 Å². The van der Waals surface area contributed by atoms with Crippen molar-refractivity contribution >= 4 is 0 Å². The summed E-state index contributed by atoms with van der Waals surface area (Å²) in [5.41, 5.74) is 3.08. The van der Waals surface area contributed by atoms with E-state index in [2.05, 4.69) is 17.0 Å². The van der Waals surface area contributed by atoms with Crippen LogP contribution in [0.25, 0.3) is 0 Å². The molecule has 0 aromatic heterocycles. The van der Waals surface area contributed by atoms with Crippen LogP contribution >= 0.6 is 0 Å². The van der Waals surface area contributed by atoms with E-state index in [0.29, 0.717) is 17.4 Å². The van der Waals surface area contributed by atoms with Crippen LogP contribution in [0.3, 0.4) is 0 Å².